The van der Waals surface area contributed by atoms with E-state index in [-0.39, 0.29) is 24.3 Å². The van der Waals surface area contributed by atoms with Gasteiger partial charge in [-0.15, -0.1) is 0 Å². The third-order valence-electron chi connectivity index (χ3n) is 4.09. The fraction of sp³-hybridized carbons (Fsp3) is 0.368. The molecule has 2 heterocycles. The Labute approximate surface area is 152 Å². The molecule has 1 aromatic heterocycles. The van der Waals surface area contributed by atoms with E-state index in [1.165, 1.54) is 0 Å². The largest absolute Gasteiger partial charge is 0.486 e. The SMILES string of the molecule is CC(C)[C@H](NC(=O)Cc1cc2c(cc1Cl)OCCO2)c1cccnc1. The van der Waals surface area contributed by atoms with Crippen LogP contribution in [0.25, 0.3) is 0 Å². The molecule has 1 N–H and O–H groups in total. The minimum absolute atomic E-state index is 0.0962. The van der Waals surface area contributed by atoms with Gasteiger partial charge in [-0.3, -0.25) is 9.78 Å². The van der Waals surface area contributed by atoms with Crippen LogP contribution < -0.4 is 14.8 Å². The van der Waals surface area contributed by atoms with E-state index in [9.17, 15) is 4.79 Å². The molecule has 0 saturated carbocycles. The number of nitrogens with zero attached hydrogens (tertiary/aromatic N) is 1. The predicted octanol–water partition coefficient (Wildman–Crippen LogP) is 3.56. The molecule has 6 heteroatoms. The molecule has 1 aromatic carbocycles. The number of rotatable bonds is 5. The van der Waals surface area contributed by atoms with Crippen LogP contribution in [0, 0.1) is 5.92 Å². The Hall–Kier alpha value is -2.27. The zero-order valence-corrected chi connectivity index (χ0v) is 15.0. The van der Waals surface area contributed by atoms with E-state index >= 15 is 0 Å². The second-order valence-electron chi connectivity index (χ2n) is 6.34. The van der Waals surface area contributed by atoms with E-state index in [4.69, 9.17) is 21.1 Å². The number of carbonyl (C=O) groups excluding carboxylic acids is 1. The molecule has 0 fully saturated rings. The molecule has 25 heavy (non-hydrogen) atoms. The molecule has 0 bridgehead atoms. The lowest BCUT2D eigenvalue weighted by Crippen LogP contribution is -2.33. The summed E-state index contributed by atoms with van der Waals surface area (Å²) < 4.78 is 11.1. The van der Waals surface area contributed by atoms with Gasteiger partial charge in [0.15, 0.2) is 11.5 Å². The highest BCUT2D eigenvalue weighted by atomic mass is 35.5. The zero-order chi connectivity index (χ0) is 17.8. The van der Waals surface area contributed by atoms with E-state index in [0.717, 1.165) is 11.1 Å². The molecular formula is C19H21ClN2O3. The van der Waals surface area contributed by atoms with E-state index in [1.807, 2.05) is 12.1 Å². The number of nitrogens with one attached hydrogen (secondary N) is 1. The lowest BCUT2D eigenvalue weighted by molar-refractivity contribution is -0.121. The van der Waals surface area contributed by atoms with Crippen LogP contribution in [-0.2, 0) is 11.2 Å². The predicted molar refractivity (Wildman–Crippen MR) is 96.1 cm³/mol. The molecule has 1 aliphatic heterocycles. The summed E-state index contributed by atoms with van der Waals surface area (Å²) in [5, 5.41) is 3.58. The molecule has 3 rings (SSSR count). The summed E-state index contributed by atoms with van der Waals surface area (Å²) in [7, 11) is 0. The Morgan fingerprint density at radius 3 is 2.64 bits per heavy atom. The Morgan fingerprint density at radius 1 is 1.28 bits per heavy atom. The van der Waals surface area contributed by atoms with Gasteiger partial charge >= 0.3 is 0 Å². The van der Waals surface area contributed by atoms with Gasteiger partial charge in [-0.2, -0.15) is 0 Å². The molecule has 132 valence electrons. The number of pyridine rings is 1. The molecule has 0 unspecified atom stereocenters. The number of carbonyl (C=O) groups is 1. The number of fused-ring (bicyclic) bond motifs is 1. The molecule has 0 saturated heterocycles. The molecule has 5 nitrogen and oxygen atoms in total. The van der Waals surface area contributed by atoms with Crippen molar-refractivity contribution in [3.63, 3.8) is 0 Å². The van der Waals surface area contributed by atoms with Gasteiger partial charge in [-0.05, 0) is 29.2 Å². The maximum Gasteiger partial charge on any atom is 0.224 e. The molecule has 2 aromatic rings. The summed E-state index contributed by atoms with van der Waals surface area (Å²) >= 11 is 6.30. The average molecular weight is 361 g/mol. The summed E-state index contributed by atoms with van der Waals surface area (Å²) in [6, 6.07) is 7.23. The second-order valence-corrected chi connectivity index (χ2v) is 6.75. The molecule has 0 aliphatic carbocycles. The fourth-order valence-corrected chi connectivity index (χ4v) is 3.05. The van der Waals surface area contributed by atoms with Crippen LogP contribution in [0.15, 0.2) is 36.7 Å². The number of aromatic nitrogens is 1. The fourth-order valence-electron chi connectivity index (χ4n) is 2.83. The van der Waals surface area contributed by atoms with Crippen molar-refractivity contribution >= 4 is 17.5 Å². The Morgan fingerprint density at radius 2 is 2.00 bits per heavy atom. The average Bonchev–Trinajstić information content (AvgIpc) is 2.61. The summed E-state index contributed by atoms with van der Waals surface area (Å²) in [6.45, 7) is 5.13. The van der Waals surface area contributed by atoms with Gasteiger partial charge in [0.1, 0.15) is 13.2 Å². The highest BCUT2D eigenvalue weighted by Gasteiger charge is 2.21. The maximum absolute atomic E-state index is 12.6. The Kier molecular flexibility index (Phi) is 5.43. The lowest BCUT2D eigenvalue weighted by atomic mass is 9.97. The van der Waals surface area contributed by atoms with Crippen molar-refractivity contribution in [2.75, 3.05) is 13.2 Å². The zero-order valence-electron chi connectivity index (χ0n) is 14.3. The van der Waals surface area contributed by atoms with Gasteiger partial charge in [0.25, 0.3) is 0 Å². The monoisotopic (exact) mass is 360 g/mol. The van der Waals surface area contributed by atoms with Crippen molar-refractivity contribution in [1.82, 2.24) is 10.3 Å². The highest BCUT2D eigenvalue weighted by Crippen LogP contribution is 2.35. The van der Waals surface area contributed by atoms with Gasteiger partial charge in [0, 0.05) is 23.5 Å². The van der Waals surface area contributed by atoms with Crippen molar-refractivity contribution in [2.24, 2.45) is 5.92 Å². The molecule has 1 atom stereocenters. The molecule has 0 radical (unpaired) electrons. The molecule has 1 amide bonds. The topological polar surface area (TPSA) is 60.5 Å². The van der Waals surface area contributed by atoms with Crippen molar-refractivity contribution in [3.8, 4) is 11.5 Å². The van der Waals surface area contributed by atoms with Crippen LogP contribution in [0.1, 0.15) is 31.0 Å². The van der Waals surface area contributed by atoms with E-state index in [1.54, 1.807) is 24.5 Å². The molecule has 1 aliphatic rings. The van der Waals surface area contributed by atoms with Crippen LogP contribution in [0.4, 0.5) is 0 Å². The first-order valence-corrected chi connectivity index (χ1v) is 8.69. The minimum atomic E-state index is -0.0998. The number of amides is 1. The first kappa shape index (κ1) is 17.5. The van der Waals surface area contributed by atoms with Gasteiger partial charge in [-0.1, -0.05) is 31.5 Å². The minimum Gasteiger partial charge on any atom is -0.486 e. The number of halogens is 1. The van der Waals surface area contributed by atoms with Gasteiger partial charge in [0.05, 0.1) is 12.5 Å². The number of hydrogen-bond acceptors (Lipinski definition) is 4. The van der Waals surface area contributed by atoms with E-state index < -0.39 is 0 Å². The summed E-state index contributed by atoms with van der Waals surface area (Å²) in [5.41, 5.74) is 1.70. The lowest BCUT2D eigenvalue weighted by Gasteiger charge is -2.23. The second kappa shape index (κ2) is 7.74. The number of hydrogen-bond donors (Lipinski definition) is 1. The van der Waals surface area contributed by atoms with Gasteiger partial charge < -0.3 is 14.8 Å². The van der Waals surface area contributed by atoms with Crippen molar-refractivity contribution in [3.05, 3.63) is 52.8 Å². The first-order chi connectivity index (χ1) is 12.0. The van der Waals surface area contributed by atoms with E-state index in [2.05, 4.69) is 24.1 Å². The van der Waals surface area contributed by atoms with Crippen molar-refractivity contribution < 1.29 is 14.3 Å². The smallest absolute Gasteiger partial charge is 0.224 e. The third kappa shape index (κ3) is 4.23. The van der Waals surface area contributed by atoms with Crippen LogP contribution in [-0.4, -0.2) is 24.1 Å². The maximum atomic E-state index is 12.6. The number of ether oxygens (including phenoxy) is 2. The van der Waals surface area contributed by atoms with Gasteiger partial charge in [0.2, 0.25) is 5.91 Å². The summed E-state index contributed by atoms with van der Waals surface area (Å²) in [4.78, 5) is 16.7. The Bertz CT molecular complexity index is 750. The van der Waals surface area contributed by atoms with Crippen LogP contribution in [0.2, 0.25) is 5.02 Å². The van der Waals surface area contributed by atoms with Crippen LogP contribution in [0.5, 0.6) is 11.5 Å². The van der Waals surface area contributed by atoms with E-state index in [0.29, 0.717) is 29.7 Å². The molecular weight excluding hydrogens is 340 g/mol. The van der Waals surface area contributed by atoms with Crippen molar-refractivity contribution in [2.45, 2.75) is 26.3 Å². The summed E-state index contributed by atoms with van der Waals surface area (Å²) in [6.07, 6.45) is 3.68. The van der Waals surface area contributed by atoms with Crippen molar-refractivity contribution in [1.29, 1.82) is 0 Å². The van der Waals surface area contributed by atoms with Crippen LogP contribution in [0.3, 0.4) is 0 Å². The number of benzene rings is 1. The Balaban J connectivity index is 1.73. The molecule has 0 spiro atoms. The first-order valence-electron chi connectivity index (χ1n) is 8.32. The third-order valence-corrected chi connectivity index (χ3v) is 4.44. The normalized spacial score (nSPS) is 14.2. The summed E-state index contributed by atoms with van der Waals surface area (Å²) in [5.74, 6) is 1.40. The van der Waals surface area contributed by atoms with Gasteiger partial charge in [-0.25, -0.2) is 0 Å². The standard InChI is InChI=1S/C19H21ClN2O3/c1-12(2)19(13-4-3-5-21-11-13)22-18(23)9-14-8-16-17(10-15(14)20)25-7-6-24-16/h3-5,8,10-12,19H,6-7,9H2,1-2H3,(H,22,23)/t19-/m0/s1. The quantitative estimate of drug-likeness (QED) is 0.885. The highest BCUT2D eigenvalue weighted by molar-refractivity contribution is 6.31. The van der Waals surface area contributed by atoms with Crippen LogP contribution >= 0.6 is 11.6 Å².